The van der Waals surface area contributed by atoms with Crippen molar-refractivity contribution in [1.82, 2.24) is 4.90 Å². The second-order valence-electron chi connectivity index (χ2n) is 7.81. The summed E-state index contributed by atoms with van der Waals surface area (Å²) in [7, 11) is 0. The second kappa shape index (κ2) is 10.8. The number of hydrogen-bond donors (Lipinski definition) is 2. The zero-order chi connectivity index (χ0) is 23.0. The number of anilines is 1. The summed E-state index contributed by atoms with van der Waals surface area (Å²) >= 11 is 0. The minimum Gasteiger partial charge on any atom is -0.484 e. The lowest BCUT2D eigenvalue weighted by Gasteiger charge is -2.38. The topological polar surface area (TPSA) is 88.1 Å². The molecule has 0 bridgehead atoms. The van der Waals surface area contributed by atoms with Gasteiger partial charge in [-0.05, 0) is 35.4 Å². The van der Waals surface area contributed by atoms with Crippen molar-refractivity contribution in [2.24, 2.45) is 0 Å². The molecule has 0 spiro atoms. The molecule has 3 aromatic rings. The number of aliphatic hydroxyl groups excluding tert-OH is 1. The Labute approximate surface area is 192 Å². The van der Waals surface area contributed by atoms with E-state index in [1.807, 2.05) is 48.5 Å². The Morgan fingerprint density at radius 3 is 2.39 bits per heavy atom. The summed E-state index contributed by atoms with van der Waals surface area (Å²) in [6, 6.07) is 25.2. The van der Waals surface area contributed by atoms with E-state index in [1.54, 1.807) is 41.3 Å². The van der Waals surface area contributed by atoms with E-state index in [0.29, 0.717) is 23.5 Å². The first-order chi connectivity index (χ1) is 16.1. The van der Waals surface area contributed by atoms with Gasteiger partial charge in [0.1, 0.15) is 18.5 Å². The molecule has 4 rings (SSSR count). The number of benzene rings is 3. The quantitative estimate of drug-likeness (QED) is 0.555. The molecule has 1 aliphatic rings. The Morgan fingerprint density at radius 2 is 1.70 bits per heavy atom. The van der Waals surface area contributed by atoms with Crippen LogP contribution >= 0.6 is 0 Å². The third-order valence-corrected chi connectivity index (χ3v) is 5.44. The zero-order valence-corrected chi connectivity index (χ0v) is 18.1. The fourth-order valence-electron chi connectivity index (χ4n) is 3.72. The van der Waals surface area contributed by atoms with Crippen LogP contribution in [0.1, 0.15) is 17.2 Å². The number of ether oxygens (including phenoxy) is 2. The zero-order valence-electron chi connectivity index (χ0n) is 18.1. The number of aliphatic hydroxyl groups is 1. The van der Waals surface area contributed by atoms with Gasteiger partial charge in [-0.1, -0.05) is 60.7 Å². The van der Waals surface area contributed by atoms with Crippen LogP contribution in [-0.4, -0.2) is 47.7 Å². The molecule has 0 saturated carbocycles. The molecule has 1 saturated heterocycles. The van der Waals surface area contributed by atoms with Crippen molar-refractivity contribution in [3.8, 4) is 5.75 Å². The largest absolute Gasteiger partial charge is 0.484 e. The van der Waals surface area contributed by atoms with Gasteiger partial charge in [0.25, 0.3) is 5.91 Å². The van der Waals surface area contributed by atoms with Crippen LogP contribution in [0.3, 0.4) is 0 Å². The fraction of sp³-hybridized carbons (Fsp3) is 0.231. The van der Waals surface area contributed by atoms with Crippen LogP contribution in [0.2, 0.25) is 0 Å². The highest BCUT2D eigenvalue weighted by Crippen LogP contribution is 2.26. The molecule has 0 aromatic heterocycles. The van der Waals surface area contributed by atoms with Crippen molar-refractivity contribution in [2.45, 2.75) is 18.7 Å². The molecule has 170 valence electrons. The summed E-state index contributed by atoms with van der Waals surface area (Å²) in [5, 5.41) is 13.8. The molecule has 33 heavy (non-hydrogen) atoms. The minimum atomic E-state index is -0.927. The Bertz CT molecular complexity index is 1060. The second-order valence-corrected chi connectivity index (χ2v) is 7.81. The number of nitrogens with zero attached hydrogens (tertiary/aromatic N) is 1. The number of hydrogen-bond acceptors (Lipinski definition) is 5. The smallest absolute Gasteiger partial charge is 0.262 e. The van der Waals surface area contributed by atoms with E-state index in [0.717, 1.165) is 5.56 Å². The first-order valence-electron chi connectivity index (χ1n) is 10.8. The third-order valence-electron chi connectivity index (χ3n) is 5.44. The number of carbonyl (C=O) groups excluding carboxylic acids is 2. The summed E-state index contributed by atoms with van der Waals surface area (Å²) in [4.78, 5) is 26.3. The van der Waals surface area contributed by atoms with Crippen LogP contribution in [0.15, 0.2) is 84.9 Å². The van der Waals surface area contributed by atoms with Crippen molar-refractivity contribution in [3.63, 3.8) is 0 Å². The maximum atomic E-state index is 12.5. The summed E-state index contributed by atoms with van der Waals surface area (Å²) in [6.07, 6.45) is -0.927. The molecule has 3 aromatic carbocycles. The number of carbonyl (C=O) groups is 2. The first-order valence-corrected chi connectivity index (χ1v) is 10.8. The lowest BCUT2D eigenvalue weighted by molar-refractivity contribution is -0.155. The molecular formula is C26H26N2O5. The Kier molecular flexibility index (Phi) is 7.34. The van der Waals surface area contributed by atoms with Gasteiger partial charge in [0.05, 0.1) is 12.6 Å². The molecule has 1 heterocycles. The van der Waals surface area contributed by atoms with Gasteiger partial charge in [0.15, 0.2) is 6.61 Å². The average Bonchev–Trinajstić information content (AvgIpc) is 2.85. The van der Waals surface area contributed by atoms with Crippen molar-refractivity contribution in [1.29, 1.82) is 0 Å². The predicted octanol–water partition coefficient (Wildman–Crippen LogP) is 3.17. The lowest BCUT2D eigenvalue weighted by atomic mass is 9.99. The van der Waals surface area contributed by atoms with E-state index in [4.69, 9.17) is 9.47 Å². The van der Waals surface area contributed by atoms with Crippen molar-refractivity contribution < 1.29 is 24.2 Å². The SMILES string of the molecule is O=C(COc1ccccc1)Nc1ccc(C(O)C2COCC(=O)N2Cc2ccccc2)cc1. The van der Waals surface area contributed by atoms with Crippen LogP contribution in [0, 0.1) is 0 Å². The van der Waals surface area contributed by atoms with Gasteiger partial charge in [-0.3, -0.25) is 9.59 Å². The van der Waals surface area contributed by atoms with Crippen molar-refractivity contribution >= 4 is 17.5 Å². The molecule has 7 nitrogen and oxygen atoms in total. The van der Waals surface area contributed by atoms with E-state index in [9.17, 15) is 14.7 Å². The van der Waals surface area contributed by atoms with Gasteiger partial charge in [-0.15, -0.1) is 0 Å². The molecule has 0 radical (unpaired) electrons. The number of para-hydroxylation sites is 1. The van der Waals surface area contributed by atoms with Gasteiger partial charge >= 0.3 is 0 Å². The maximum absolute atomic E-state index is 12.5. The van der Waals surface area contributed by atoms with Crippen LogP contribution in [0.5, 0.6) is 5.75 Å². The monoisotopic (exact) mass is 446 g/mol. The van der Waals surface area contributed by atoms with E-state index < -0.39 is 12.1 Å². The number of morpholine rings is 1. The number of rotatable bonds is 8. The molecule has 0 aliphatic carbocycles. The Balaban J connectivity index is 1.37. The summed E-state index contributed by atoms with van der Waals surface area (Å²) in [6.45, 7) is 0.547. The van der Waals surface area contributed by atoms with Gasteiger partial charge in [0.2, 0.25) is 5.91 Å². The lowest BCUT2D eigenvalue weighted by Crippen LogP contribution is -2.51. The maximum Gasteiger partial charge on any atom is 0.262 e. The van der Waals surface area contributed by atoms with Gasteiger partial charge in [-0.2, -0.15) is 0 Å². The van der Waals surface area contributed by atoms with E-state index in [2.05, 4.69) is 5.32 Å². The molecule has 2 atom stereocenters. The normalized spacial score (nSPS) is 16.8. The fourth-order valence-corrected chi connectivity index (χ4v) is 3.72. The van der Waals surface area contributed by atoms with Gasteiger partial charge in [0, 0.05) is 12.2 Å². The van der Waals surface area contributed by atoms with Crippen LogP contribution in [0.25, 0.3) is 0 Å². The molecule has 1 aliphatic heterocycles. The average molecular weight is 447 g/mol. The number of nitrogens with one attached hydrogen (secondary N) is 1. The Morgan fingerprint density at radius 1 is 1.03 bits per heavy atom. The van der Waals surface area contributed by atoms with Crippen molar-refractivity contribution in [3.05, 3.63) is 96.1 Å². The van der Waals surface area contributed by atoms with Gasteiger partial charge < -0.3 is 24.8 Å². The predicted molar refractivity (Wildman–Crippen MR) is 124 cm³/mol. The molecule has 7 heteroatoms. The minimum absolute atomic E-state index is 0.00603. The summed E-state index contributed by atoms with van der Waals surface area (Å²) in [5.41, 5.74) is 2.21. The molecule has 1 fully saturated rings. The molecule has 2 N–H and O–H groups in total. The van der Waals surface area contributed by atoms with Crippen LogP contribution < -0.4 is 10.1 Å². The number of amides is 2. The van der Waals surface area contributed by atoms with Gasteiger partial charge in [-0.25, -0.2) is 0 Å². The standard InChI is InChI=1S/C26H26N2O5/c29-24(17-33-22-9-5-2-6-10-22)27-21-13-11-20(12-14-21)26(31)23-16-32-18-25(30)28(23)15-19-7-3-1-4-8-19/h1-14,23,26,31H,15-18H2,(H,27,29). The van der Waals surface area contributed by atoms with E-state index in [1.165, 1.54) is 0 Å². The summed E-state index contributed by atoms with van der Waals surface area (Å²) in [5.74, 6) is 0.180. The first kappa shape index (κ1) is 22.5. The van der Waals surface area contributed by atoms with E-state index in [-0.39, 0.29) is 31.6 Å². The highest BCUT2D eigenvalue weighted by atomic mass is 16.5. The molecule has 2 amide bonds. The van der Waals surface area contributed by atoms with E-state index >= 15 is 0 Å². The van der Waals surface area contributed by atoms with Crippen LogP contribution in [0.4, 0.5) is 5.69 Å². The summed E-state index contributed by atoms with van der Waals surface area (Å²) < 4.78 is 10.9. The molecular weight excluding hydrogens is 420 g/mol. The highest BCUT2D eigenvalue weighted by Gasteiger charge is 2.34. The third kappa shape index (κ3) is 5.97. The highest BCUT2D eigenvalue weighted by molar-refractivity contribution is 5.91. The van der Waals surface area contributed by atoms with Crippen LogP contribution in [-0.2, 0) is 20.9 Å². The molecule has 2 unspecified atom stereocenters. The Hall–Kier alpha value is -3.68. The van der Waals surface area contributed by atoms with Crippen molar-refractivity contribution in [2.75, 3.05) is 25.1 Å².